The second kappa shape index (κ2) is 8.23. The van der Waals surface area contributed by atoms with E-state index in [4.69, 9.17) is 9.47 Å². The lowest BCUT2D eigenvalue weighted by molar-refractivity contribution is -0.00169. The monoisotopic (exact) mass is 383 g/mol. The van der Waals surface area contributed by atoms with E-state index in [2.05, 4.69) is 18.2 Å². The first-order valence-electron chi connectivity index (χ1n) is 9.68. The highest BCUT2D eigenvalue weighted by Gasteiger charge is 2.34. The fourth-order valence-electron chi connectivity index (χ4n) is 3.62. The number of likely N-dealkylation sites (tertiary alicyclic amines) is 1. The maximum absolute atomic E-state index is 12.3. The van der Waals surface area contributed by atoms with E-state index in [-0.39, 0.29) is 18.6 Å². The molecule has 2 aromatic rings. The maximum atomic E-state index is 12.3. The summed E-state index contributed by atoms with van der Waals surface area (Å²) in [6, 6.07) is 16.2. The molecule has 0 saturated carbocycles. The molecule has 5 heteroatoms. The molecule has 1 N–H and O–H groups in total. The van der Waals surface area contributed by atoms with E-state index in [0.717, 1.165) is 22.4 Å². The molecule has 3 rings (SSSR count). The van der Waals surface area contributed by atoms with Crippen LogP contribution in [0, 0.1) is 0 Å². The summed E-state index contributed by atoms with van der Waals surface area (Å²) in [6.45, 7) is 6.31. The lowest BCUT2D eigenvalue weighted by atomic mass is 9.85. The standard InChI is InChI=1S/C23H29NO4/c1-23(2,3)28-22(26)24-13-12-18(20(25)15-24)19-14-17(10-11-21(19)27-4)16-8-6-5-7-9-16/h5-11,14,18,20,25H,12-13,15H2,1-4H3/t18-,20+/m1/s1. The van der Waals surface area contributed by atoms with Crippen LogP contribution >= 0.6 is 0 Å². The summed E-state index contributed by atoms with van der Waals surface area (Å²) in [4.78, 5) is 13.9. The van der Waals surface area contributed by atoms with Gasteiger partial charge in [0.25, 0.3) is 0 Å². The molecular formula is C23H29NO4. The first kappa shape index (κ1) is 20.2. The molecule has 0 unspecified atom stereocenters. The molecule has 0 radical (unpaired) electrons. The van der Waals surface area contributed by atoms with Crippen molar-refractivity contribution < 1.29 is 19.4 Å². The van der Waals surface area contributed by atoms with Gasteiger partial charge in [-0.2, -0.15) is 0 Å². The third kappa shape index (κ3) is 4.65. The summed E-state index contributed by atoms with van der Waals surface area (Å²) in [5.41, 5.74) is 2.62. The number of carbonyl (C=O) groups is 1. The van der Waals surface area contributed by atoms with Crippen molar-refractivity contribution >= 4 is 6.09 Å². The zero-order valence-corrected chi connectivity index (χ0v) is 17.0. The Morgan fingerprint density at radius 3 is 2.43 bits per heavy atom. The number of hydrogen-bond acceptors (Lipinski definition) is 4. The number of amides is 1. The molecule has 1 aliphatic heterocycles. The largest absolute Gasteiger partial charge is 0.496 e. The van der Waals surface area contributed by atoms with E-state index in [1.165, 1.54) is 0 Å². The topological polar surface area (TPSA) is 59.0 Å². The Hall–Kier alpha value is -2.53. The number of piperidine rings is 1. The minimum Gasteiger partial charge on any atom is -0.496 e. The Bertz CT molecular complexity index is 813. The van der Waals surface area contributed by atoms with Crippen LogP contribution in [0.3, 0.4) is 0 Å². The number of benzene rings is 2. The molecule has 0 aliphatic carbocycles. The van der Waals surface area contributed by atoms with Crippen LogP contribution in [0.25, 0.3) is 11.1 Å². The molecule has 5 nitrogen and oxygen atoms in total. The molecule has 0 spiro atoms. The Labute approximate surface area is 166 Å². The number of carbonyl (C=O) groups excluding carboxylic acids is 1. The number of methoxy groups -OCH3 is 1. The van der Waals surface area contributed by atoms with Crippen LogP contribution in [0.5, 0.6) is 5.75 Å². The van der Waals surface area contributed by atoms with Crippen molar-refractivity contribution in [2.45, 2.75) is 44.8 Å². The molecule has 1 fully saturated rings. The fourth-order valence-corrected chi connectivity index (χ4v) is 3.62. The van der Waals surface area contributed by atoms with Crippen molar-refractivity contribution in [2.24, 2.45) is 0 Å². The second-order valence-electron chi connectivity index (χ2n) is 8.21. The highest BCUT2D eigenvalue weighted by Crippen LogP contribution is 2.37. The van der Waals surface area contributed by atoms with E-state index < -0.39 is 11.7 Å². The van der Waals surface area contributed by atoms with Crippen LogP contribution in [0.4, 0.5) is 4.79 Å². The summed E-state index contributed by atoms with van der Waals surface area (Å²) in [6.07, 6.45) is -0.411. The van der Waals surface area contributed by atoms with Crippen LogP contribution in [-0.2, 0) is 4.74 Å². The van der Waals surface area contributed by atoms with Gasteiger partial charge in [-0.3, -0.25) is 0 Å². The van der Waals surface area contributed by atoms with Crippen molar-refractivity contribution in [3.8, 4) is 16.9 Å². The molecule has 1 heterocycles. The summed E-state index contributed by atoms with van der Waals surface area (Å²) in [7, 11) is 1.64. The number of rotatable bonds is 3. The SMILES string of the molecule is COc1ccc(-c2ccccc2)cc1[C@H]1CCN(C(=O)OC(C)(C)C)C[C@@H]1O. The van der Waals surface area contributed by atoms with E-state index in [9.17, 15) is 9.90 Å². The van der Waals surface area contributed by atoms with Gasteiger partial charge in [-0.15, -0.1) is 0 Å². The number of nitrogens with zero attached hydrogens (tertiary/aromatic N) is 1. The molecule has 0 bridgehead atoms. The summed E-state index contributed by atoms with van der Waals surface area (Å²) >= 11 is 0. The van der Waals surface area contributed by atoms with E-state index in [1.807, 2.05) is 51.1 Å². The number of β-amino-alcohol motifs (C(OH)–C–C–N with tert-alkyl or cyclic N) is 1. The van der Waals surface area contributed by atoms with Gasteiger partial charge in [0.2, 0.25) is 0 Å². The molecule has 2 aromatic carbocycles. The zero-order chi connectivity index (χ0) is 20.3. The molecule has 0 aromatic heterocycles. The summed E-state index contributed by atoms with van der Waals surface area (Å²) in [5, 5.41) is 10.8. The third-order valence-electron chi connectivity index (χ3n) is 4.97. The van der Waals surface area contributed by atoms with E-state index >= 15 is 0 Å². The molecule has 1 amide bonds. The Balaban J connectivity index is 1.81. The van der Waals surface area contributed by atoms with Crippen molar-refractivity contribution in [2.75, 3.05) is 20.2 Å². The van der Waals surface area contributed by atoms with Crippen molar-refractivity contribution in [3.63, 3.8) is 0 Å². The molecule has 150 valence electrons. The van der Waals surface area contributed by atoms with Crippen LogP contribution < -0.4 is 4.74 Å². The van der Waals surface area contributed by atoms with E-state index in [1.54, 1.807) is 12.0 Å². The molecule has 28 heavy (non-hydrogen) atoms. The van der Waals surface area contributed by atoms with Crippen molar-refractivity contribution in [1.29, 1.82) is 0 Å². The molecule has 1 aliphatic rings. The predicted octanol–water partition coefficient (Wildman–Crippen LogP) is 4.45. The van der Waals surface area contributed by atoms with Gasteiger partial charge in [-0.25, -0.2) is 4.79 Å². The molecular weight excluding hydrogens is 354 g/mol. The van der Waals surface area contributed by atoms with Crippen LogP contribution in [-0.4, -0.2) is 48.0 Å². The quantitative estimate of drug-likeness (QED) is 0.851. The Kier molecular flexibility index (Phi) is 5.94. The van der Waals surface area contributed by atoms with Gasteiger partial charge in [0.1, 0.15) is 11.4 Å². The average molecular weight is 383 g/mol. The number of hydrogen-bond donors (Lipinski definition) is 1. The Morgan fingerprint density at radius 2 is 1.82 bits per heavy atom. The number of aliphatic hydroxyl groups excluding tert-OH is 1. The van der Waals surface area contributed by atoms with Gasteiger partial charge in [0, 0.05) is 18.0 Å². The van der Waals surface area contributed by atoms with Crippen LogP contribution in [0.15, 0.2) is 48.5 Å². The van der Waals surface area contributed by atoms with Crippen LogP contribution in [0.2, 0.25) is 0 Å². The average Bonchev–Trinajstić information content (AvgIpc) is 2.67. The normalized spacial score (nSPS) is 20.0. The fraction of sp³-hybridized carbons (Fsp3) is 0.435. The molecule has 1 saturated heterocycles. The highest BCUT2D eigenvalue weighted by atomic mass is 16.6. The second-order valence-corrected chi connectivity index (χ2v) is 8.21. The first-order valence-corrected chi connectivity index (χ1v) is 9.68. The summed E-state index contributed by atoms with van der Waals surface area (Å²) < 4.78 is 11.0. The maximum Gasteiger partial charge on any atom is 0.410 e. The lowest BCUT2D eigenvalue weighted by Crippen LogP contribution is -2.47. The van der Waals surface area contributed by atoms with Gasteiger partial charge in [-0.05, 0) is 50.5 Å². The summed E-state index contributed by atoms with van der Waals surface area (Å²) in [5.74, 6) is 0.659. The van der Waals surface area contributed by atoms with Crippen LogP contribution in [0.1, 0.15) is 38.7 Å². The lowest BCUT2D eigenvalue weighted by Gasteiger charge is -2.37. The smallest absolute Gasteiger partial charge is 0.410 e. The van der Waals surface area contributed by atoms with Gasteiger partial charge >= 0.3 is 6.09 Å². The van der Waals surface area contributed by atoms with Gasteiger partial charge < -0.3 is 19.5 Å². The third-order valence-corrected chi connectivity index (χ3v) is 4.97. The predicted molar refractivity (Wildman–Crippen MR) is 110 cm³/mol. The van der Waals surface area contributed by atoms with Gasteiger partial charge in [0.15, 0.2) is 0 Å². The Morgan fingerprint density at radius 1 is 1.11 bits per heavy atom. The van der Waals surface area contributed by atoms with Crippen molar-refractivity contribution in [1.82, 2.24) is 4.90 Å². The zero-order valence-electron chi connectivity index (χ0n) is 17.0. The number of ether oxygens (including phenoxy) is 2. The first-order chi connectivity index (χ1) is 13.3. The van der Waals surface area contributed by atoms with Gasteiger partial charge in [-0.1, -0.05) is 36.4 Å². The number of aliphatic hydroxyl groups is 1. The molecule has 2 atom stereocenters. The van der Waals surface area contributed by atoms with E-state index in [0.29, 0.717) is 13.0 Å². The minimum atomic E-state index is -0.679. The highest BCUT2D eigenvalue weighted by molar-refractivity contribution is 5.69. The van der Waals surface area contributed by atoms with Crippen molar-refractivity contribution in [3.05, 3.63) is 54.1 Å². The van der Waals surface area contributed by atoms with Gasteiger partial charge in [0.05, 0.1) is 19.8 Å². The minimum absolute atomic E-state index is 0.0997.